The number of hydrogen-bond acceptors (Lipinski definition) is 20. The molecule has 0 bridgehead atoms. The van der Waals surface area contributed by atoms with E-state index in [1.165, 1.54) is 49.6 Å². The summed E-state index contributed by atoms with van der Waals surface area (Å²) in [7, 11) is 0. The average Bonchev–Trinajstić information content (AvgIpc) is 2.56. The second kappa shape index (κ2) is 26.1. The minimum atomic E-state index is -4.49. The molecular formula is C58H60F3IN24O3. The van der Waals surface area contributed by atoms with Gasteiger partial charge >= 0.3 is 12.2 Å². The zero-order chi connectivity index (χ0) is 64.2. The topological polar surface area (TPSA) is 389 Å². The van der Waals surface area contributed by atoms with E-state index in [9.17, 15) is 28.1 Å². The summed E-state index contributed by atoms with van der Waals surface area (Å²) < 4.78 is 46.6. The SMILES string of the molecule is CC(C)n1nc(-c2ccc(N)cc2)c2c(N)ncnc21.CC(C)n1nc(-c2ccc(NC(=O)Nc3cccc(C(F)(F)F)c3)cc2)c2c(N)ncnc21.CC(C)n1nc(-c2ccc([N+](=O)[O-])cc2)c2c(N)ncnc21.CC(C)n1nc(I)c2c(N)ncnc21. The molecule has 0 saturated carbocycles. The number of anilines is 7. The Hall–Kier alpha value is -10.7. The Morgan fingerprint density at radius 2 is 0.843 bits per heavy atom. The van der Waals surface area contributed by atoms with Gasteiger partial charge in [-0.15, -0.1) is 0 Å². The average molecular weight is 1330 g/mol. The molecule has 0 unspecified atom stereocenters. The van der Waals surface area contributed by atoms with Gasteiger partial charge in [0.1, 0.15) is 69.4 Å². The van der Waals surface area contributed by atoms with E-state index in [2.05, 4.69) is 121 Å². The van der Waals surface area contributed by atoms with Gasteiger partial charge in [-0.2, -0.15) is 33.6 Å². The number of nitrogen functional groups attached to an aromatic ring is 5. The van der Waals surface area contributed by atoms with E-state index in [4.69, 9.17) is 28.7 Å². The molecule has 0 aliphatic heterocycles. The monoisotopic (exact) mass is 1320 g/mol. The molecule has 0 saturated heterocycles. The Kier molecular flexibility index (Phi) is 18.4. The lowest BCUT2D eigenvalue weighted by molar-refractivity contribution is -0.384. The molecule has 0 radical (unpaired) electrons. The number of carbonyl (C=O) groups excluding carboxylic acids is 1. The van der Waals surface area contributed by atoms with Gasteiger partial charge in [-0.05, 0) is 133 Å². The second-order valence-corrected chi connectivity index (χ2v) is 22.0. The highest BCUT2D eigenvalue weighted by atomic mass is 127. The third-order valence-corrected chi connectivity index (χ3v) is 14.1. The molecule has 0 aliphatic rings. The van der Waals surface area contributed by atoms with E-state index >= 15 is 0 Å². The van der Waals surface area contributed by atoms with Gasteiger partial charge < -0.3 is 39.3 Å². The van der Waals surface area contributed by atoms with Crippen molar-refractivity contribution >= 4 is 119 Å². The molecule has 31 heteroatoms. The van der Waals surface area contributed by atoms with Crippen LogP contribution in [0.2, 0.25) is 0 Å². The first-order valence-electron chi connectivity index (χ1n) is 27.4. The van der Waals surface area contributed by atoms with Crippen molar-refractivity contribution in [2.45, 2.75) is 85.7 Å². The van der Waals surface area contributed by atoms with Crippen molar-refractivity contribution < 1.29 is 22.9 Å². The maximum absolute atomic E-state index is 12.8. The van der Waals surface area contributed by atoms with Gasteiger partial charge in [-0.25, -0.2) is 63.4 Å². The van der Waals surface area contributed by atoms with Crippen LogP contribution in [0.5, 0.6) is 0 Å². The molecule has 2 amide bonds. The van der Waals surface area contributed by atoms with Crippen LogP contribution in [0.3, 0.4) is 0 Å². The van der Waals surface area contributed by atoms with Crippen LogP contribution < -0.4 is 39.3 Å². The molecule has 12 N–H and O–H groups in total. The summed E-state index contributed by atoms with van der Waals surface area (Å²) in [6.07, 6.45) is 1.22. The first-order chi connectivity index (χ1) is 42.3. The zero-order valence-electron chi connectivity index (χ0n) is 49.1. The smallest absolute Gasteiger partial charge is 0.399 e. The molecule has 0 atom stereocenters. The van der Waals surface area contributed by atoms with Crippen LogP contribution in [-0.4, -0.2) is 89.9 Å². The Balaban J connectivity index is 0.000000147. The number of halogens is 4. The summed E-state index contributed by atoms with van der Waals surface area (Å²) in [5.74, 6) is 1.58. The minimum absolute atomic E-state index is 0.0279. The summed E-state index contributed by atoms with van der Waals surface area (Å²) in [4.78, 5) is 55.7. The van der Waals surface area contributed by atoms with Gasteiger partial charge in [-0.3, -0.25) is 10.1 Å². The molecule has 12 rings (SSSR count). The van der Waals surface area contributed by atoms with Crippen LogP contribution in [0, 0.1) is 13.8 Å². The standard InChI is InChI=1S/C22H20F3N7O.C14H14N6O2.C14H16N6.C8H10IN5/c1-12(2)32-20-17(19(26)27-11-28-20)18(31-32)13-6-8-15(9-7-13)29-21(33)30-16-5-3-4-14(10-16)22(23,24)25;1-8(2)19-14-11(13(15)16-7-17-14)12(18-19)9-3-5-10(6-4-9)20(21)22;1-8(2)20-14-11(13(16)17-7-18-14)12(19-20)9-3-5-10(15)6-4-9;1-4(2)14-8-5(6(9)13-14)7(10)11-3-12-8/h3-12H,1-2H3,(H2,26,27,28)(H2,29,30,33);3-8H,1-2H3,(H2,15,16,17);3-8H,15H2,1-2H3,(H2,16,17,18);3-4H,1-2H3,(H2,10,11,12). The number of fused-ring (bicyclic) bond motifs is 4. The number of amides is 2. The molecule has 8 aromatic heterocycles. The van der Waals surface area contributed by atoms with Crippen LogP contribution in [0.15, 0.2) is 122 Å². The van der Waals surface area contributed by atoms with Crippen LogP contribution in [0.4, 0.5) is 64.0 Å². The van der Waals surface area contributed by atoms with E-state index in [1.807, 2.05) is 61.3 Å². The fraction of sp³-hybridized carbons (Fsp3) is 0.224. The summed E-state index contributed by atoms with van der Waals surface area (Å²) in [6.45, 7) is 16.2. The molecule has 458 valence electrons. The van der Waals surface area contributed by atoms with Crippen molar-refractivity contribution in [1.29, 1.82) is 0 Å². The molecular weight excluding hydrogens is 1260 g/mol. The minimum Gasteiger partial charge on any atom is -0.399 e. The van der Waals surface area contributed by atoms with Crippen molar-refractivity contribution in [2.75, 3.05) is 39.3 Å². The lowest BCUT2D eigenvalue weighted by Crippen LogP contribution is -2.19. The maximum atomic E-state index is 12.8. The van der Waals surface area contributed by atoms with Crippen molar-refractivity contribution in [3.05, 3.63) is 142 Å². The number of hydrogen-bond donors (Lipinski definition) is 7. The number of rotatable bonds is 10. The second-order valence-electron chi connectivity index (χ2n) is 21.0. The highest BCUT2D eigenvalue weighted by Crippen LogP contribution is 2.36. The molecule has 12 aromatic rings. The van der Waals surface area contributed by atoms with Gasteiger partial charge in [-0.1, -0.05) is 30.3 Å². The molecule has 0 aliphatic carbocycles. The van der Waals surface area contributed by atoms with Crippen molar-refractivity contribution in [3.8, 4) is 33.8 Å². The molecule has 8 heterocycles. The predicted molar refractivity (Wildman–Crippen MR) is 345 cm³/mol. The zero-order valence-corrected chi connectivity index (χ0v) is 51.2. The number of aromatic nitrogens is 16. The summed E-state index contributed by atoms with van der Waals surface area (Å²) >= 11 is 2.15. The number of nitro groups is 1. The third-order valence-electron chi connectivity index (χ3n) is 13.4. The Morgan fingerprint density at radius 3 is 1.22 bits per heavy atom. The van der Waals surface area contributed by atoms with Gasteiger partial charge in [0.25, 0.3) is 5.69 Å². The molecule has 0 fully saturated rings. The van der Waals surface area contributed by atoms with E-state index in [-0.39, 0.29) is 35.5 Å². The number of nitrogens with one attached hydrogen (secondary N) is 2. The van der Waals surface area contributed by atoms with Gasteiger partial charge in [0.05, 0.1) is 32.0 Å². The van der Waals surface area contributed by atoms with Gasteiger partial charge in [0.15, 0.2) is 22.6 Å². The van der Waals surface area contributed by atoms with Crippen molar-refractivity contribution in [3.63, 3.8) is 0 Å². The van der Waals surface area contributed by atoms with Crippen LogP contribution in [0.1, 0.15) is 85.1 Å². The van der Waals surface area contributed by atoms with E-state index in [0.29, 0.717) is 68.1 Å². The number of nitro benzene ring substituents is 1. The molecule has 89 heavy (non-hydrogen) atoms. The van der Waals surface area contributed by atoms with E-state index in [1.54, 1.807) is 45.8 Å². The van der Waals surface area contributed by atoms with Gasteiger partial charge in [0.2, 0.25) is 0 Å². The fourth-order valence-corrected chi connectivity index (χ4v) is 9.90. The predicted octanol–water partition coefficient (Wildman–Crippen LogP) is 11.7. The first kappa shape index (κ1) is 62.8. The number of nitrogens with zero attached hydrogens (tertiary/aromatic N) is 17. The number of alkyl halides is 3. The number of benzene rings is 4. The molecule has 4 aromatic carbocycles. The summed E-state index contributed by atoms with van der Waals surface area (Å²) in [5, 5.41) is 36.9. The highest BCUT2D eigenvalue weighted by Gasteiger charge is 2.31. The highest BCUT2D eigenvalue weighted by molar-refractivity contribution is 14.1. The Bertz CT molecular complexity index is 4530. The van der Waals surface area contributed by atoms with Crippen LogP contribution in [0.25, 0.3) is 77.9 Å². The Morgan fingerprint density at radius 1 is 0.494 bits per heavy atom. The normalized spacial score (nSPS) is 11.5. The first-order valence-corrected chi connectivity index (χ1v) is 28.5. The molecule has 0 spiro atoms. The fourth-order valence-electron chi connectivity index (χ4n) is 9.15. The number of carbonyl (C=O) groups is 1. The maximum Gasteiger partial charge on any atom is 0.416 e. The lowest BCUT2D eigenvalue weighted by atomic mass is 10.1. The van der Waals surface area contributed by atoms with Crippen molar-refractivity contribution in [2.24, 2.45) is 0 Å². The largest absolute Gasteiger partial charge is 0.416 e. The van der Waals surface area contributed by atoms with E-state index in [0.717, 1.165) is 60.3 Å². The van der Waals surface area contributed by atoms with E-state index < -0.39 is 22.7 Å². The van der Waals surface area contributed by atoms with Crippen molar-refractivity contribution in [1.82, 2.24) is 79.0 Å². The number of nitrogens with two attached hydrogens (primary N) is 5. The van der Waals surface area contributed by atoms with Gasteiger partial charge in [0, 0.05) is 70.1 Å². The number of non-ortho nitro benzene ring substituents is 1. The quantitative estimate of drug-likeness (QED) is 0.0289. The third kappa shape index (κ3) is 13.6. The van der Waals surface area contributed by atoms with Crippen LogP contribution >= 0.6 is 22.6 Å². The Labute approximate surface area is 518 Å². The molecule has 27 nitrogen and oxygen atoms in total. The summed E-state index contributed by atoms with van der Waals surface area (Å²) in [6, 6.07) is 24.9. The summed E-state index contributed by atoms with van der Waals surface area (Å²) in [5.41, 5.74) is 37.2. The lowest BCUT2D eigenvalue weighted by Gasteiger charge is -2.11. The number of urea groups is 1. The van der Waals surface area contributed by atoms with Crippen LogP contribution in [-0.2, 0) is 6.18 Å².